The van der Waals surface area contributed by atoms with E-state index in [1.165, 1.54) is 12.1 Å². The Balaban J connectivity index is 1.85. The minimum absolute atomic E-state index is 0.0780. The number of ether oxygens (including phenoxy) is 1. The van der Waals surface area contributed by atoms with Gasteiger partial charge < -0.3 is 20.1 Å². The Morgan fingerprint density at radius 3 is 2.77 bits per heavy atom. The number of hydrogen-bond acceptors (Lipinski definition) is 4. The lowest BCUT2D eigenvalue weighted by atomic mass is 10.0. The van der Waals surface area contributed by atoms with Crippen molar-refractivity contribution >= 4 is 18.6 Å². The summed E-state index contributed by atoms with van der Waals surface area (Å²) in [7, 11) is 0. The Morgan fingerprint density at radius 1 is 1.40 bits per heavy atom. The van der Waals surface area contributed by atoms with Crippen LogP contribution in [0.15, 0.2) is 40.7 Å². The highest BCUT2D eigenvalue weighted by atomic mass is 19.1. The molecule has 3 rings (SSSR count). The number of nitrogens with one attached hydrogen (secondary N) is 2. The molecule has 1 aromatic carbocycles. The number of H-pyrrole nitrogens is 1. The van der Waals surface area contributed by atoms with Gasteiger partial charge in [0.15, 0.2) is 0 Å². The fourth-order valence-electron chi connectivity index (χ4n) is 3.34. The first-order valence-corrected chi connectivity index (χ1v) is 9.84. The van der Waals surface area contributed by atoms with E-state index in [0.29, 0.717) is 18.4 Å². The summed E-state index contributed by atoms with van der Waals surface area (Å²) in [5, 5.41) is 13.6. The number of hydrogen-bond donors (Lipinski definition) is 3. The first-order chi connectivity index (χ1) is 14.4. The summed E-state index contributed by atoms with van der Waals surface area (Å²) in [6, 6.07) is 6.12. The quantitative estimate of drug-likeness (QED) is 0.671. The molecule has 1 amide bonds. The highest BCUT2D eigenvalue weighted by Gasteiger charge is 2.21. The molecule has 0 radical (unpaired) electrons. The van der Waals surface area contributed by atoms with Crippen molar-refractivity contribution in [3.8, 4) is 5.75 Å². The first-order valence-electron chi connectivity index (χ1n) is 9.84. The lowest BCUT2D eigenvalue weighted by Crippen LogP contribution is -2.41. The molecular formula is C23H25FN2O4. The number of rotatable bonds is 6. The Bertz CT molecular complexity index is 1110. The zero-order valence-corrected chi connectivity index (χ0v) is 16.8. The van der Waals surface area contributed by atoms with Crippen molar-refractivity contribution in [2.24, 2.45) is 0 Å². The van der Waals surface area contributed by atoms with E-state index in [1.54, 1.807) is 18.2 Å². The number of aromatic hydroxyl groups is 1. The topological polar surface area (TPSA) is 91.4 Å². The normalized spacial score (nSPS) is 17.3. The third-order valence-electron chi connectivity index (χ3n) is 5.09. The van der Waals surface area contributed by atoms with Gasteiger partial charge in [0.2, 0.25) is 0 Å². The number of halogens is 1. The summed E-state index contributed by atoms with van der Waals surface area (Å²) >= 11 is 0. The average molecular weight is 412 g/mol. The predicted octanol–water partition coefficient (Wildman–Crippen LogP) is 1.51. The molecule has 1 fully saturated rings. The Labute approximate surface area is 173 Å². The summed E-state index contributed by atoms with van der Waals surface area (Å²) in [6.45, 7) is 6.59. The number of benzene rings is 1. The fourth-order valence-corrected chi connectivity index (χ4v) is 3.34. The lowest BCUT2D eigenvalue weighted by Gasteiger charge is -2.11. The van der Waals surface area contributed by atoms with Crippen LogP contribution in [0.1, 0.15) is 35.7 Å². The maximum atomic E-state index is 13.1. The second-order valence-corrected chi connectivity index (χ2v) is 7.23. The average Bonchev–Trinajstić information content (AvgIpc) is 3.25. The molecule has 158 valence electrons. The van der Waals surface area contributed by atoms with Crippen LogP contribution in [0.4, 0.5) is 4.39 Å². The summed E-state index contributed by atoms with van der Waals surface area (Å²) < 4.78 is 18.5. The largest absolute Gasteiger partial charge is 0.506 e. The molecular weight excluding hydrogens is 387 g/mol. The third-order valence-corrected chi connectivity index (χ3v) is 5.09. The van der Waals surface area contributed by atoms with Crippen molar-refractivity contribution in [3.05, 3.63) is 73.8 Å². The number of carbonyl (C=O) groups is 1. The van der Waals surface area contributed by atoms with Gasteiger partial charge in [-0.25, -0.2) is 4.39 Å². The molecule has 1 unspecified atom stereocenters. The van der Waals surface area contributed by atoms with Crippen LogP contribution in [0.3, 0.4) is 0 Å². The first kappa shape index (κ1) is 21.5. The van der Waals surface area contributed by atoms with Crippen molar-refractivity contribution in [1.29, 1.82) is 0 Å². The van der Waals surface area contributed by atoms with Crippen LogP contribution >= 0.6 is 0 Å². The zero-order valence-electron chi connectivity index (χ0n) is 16.8. The Hall–Kier alpha value is -3.19. The molecule has 6 nitrogen and oxygen atoms in total. The molecule has 0 saturated carbocycles. The van der Waals surface area contributed by atoms with Gasteiger partial charge in [-0.05, 0) is 55.5 Å². The van der Waals surface area contributed by atoms with Gasteiger partial charge in [0.25, 0.3) is 11.5 Å². The van der Waals surface area contributed by atoms with E-state index in [0.717, 1.165) is 24.0 Å². The predicted molar refractivity (Wildman–Crippen MR) is 113 cm³/mol. The Morgan fingerprint density at radius 2 is 2.13 bits per heavy atom. The van der Waals surface area contributed by atoms with Gasteiger partial charge in [-0.1, -0.05) is 24.8 Å². The standard InChI is InChI=1S/C23H25FN2O4/c1-3-15(11-16-6-8-17(24)9-7-16)12-19-14(2)21(27)20(23(29)26-19)22(28)25-13-18-5-4-10-30-18/h3,6-9,12,18,27H,2,4-5,10-11,13H2,1H3,(H,25,28)(H,26,29)/b15-3-,19-12+. The molecule has 1 aromatic heterocycles. The number of allylic oxidation sites excluding steroid dienone is 2. The molecule has 2 aromatic rings. The summed E-state index contributed by atoms with van der Waals surface area (Å²) in [5.41, 5.74) is 0.657. The monoisotopic (exact) mass is 412 g/mol. The van der Waals surface area contributed by atoms with Gasteiger partial charge in [0.1, 0.15) is 17.1 Å². The van der Waals surface area contributed by atoms with Gasteiger partial charge in [0.05, 0.1) is 11.5 Å². The van der Waals surface area contributed by atoms with Crippen LogP contribution in [0, 0.1) is 5.82 Å². The molecule has 7 heteroatoms. The van der Waals surface area contributed by atoms with Crippen molar-refractivity contribution in [1.82, 2.24) is 10.3 Å². The minimum Gasteiger partial charge on any atom is -0.506 e. The highest BCUT2D eigenvalue weighted by molar-refractivity contribution is 5.96. The maximum Gasteiger partial charge on any atom is 0.265 e. The summed E-state index contributed by atoms with van der Waals surface area (Å²) in [4.78, 5) is 27.6. The van der Waals surface area contributed by atoms with Crippen LogP contribution in [-0.2, 0) is 11.2 Å². The number of aromatic nitrogens is 1. The van der Waals surface area contributed by atoms with Gasteiger partial charge in [-0.2, -0.15) is 0 Å². The van der Waals surface area contributed by atoms with Gasteiger partial charge in [-0.3, -0.25) is 9.59 Å². The van der Waals surface area contributed by atoms with E-state index in [-0.39, 0.29) is 29.2 Å². The van der Waals surface area contributed by atoms with Gasteiger partial charge >= 0.3 is 0 Å². The fraction of sp³-hybridized carbons (Fsp3) is 0.304. The van der Waals surface area contributed by atoms with E-state index in [1.807, 2.05) is 13.0 Å². The molecule has 1 saturated heterocycles. The van der Waals surface area contributed by atoms with Crippen molar-refractivity contribution in [2.75, 3.05) is 13.2 Å². The second kappa shape index (κ2) is 9.54. The lowest BCUT2D eigenvalue weighted by molar-refractivity contribution is 0.0854. The number of amides is 1. The molecule has 0 aliphatic carbocycles. The Kier molecular flexibility index (Phi) is 6.84. The van der Waals surface area contributed by atoms with E-state index >= 15 is 0 Å². The zero-order chi connectivity index (χ0) is 21.7. The minimum atomic E-state index is -0.701. The number of pyridine rings is 1. The summed E-state index contributed by atoms with van der Waals surface area (Å²) in [6.07, 6.45) is 5.73. The van der Waals surface area contributed by atoms with Crippen LogP contribution in [0.5, 0.6) is 5.75 Å². The van der Waals surface area contributed by atoms with E-state index < -0.39 is 17.2 Å². The molecule has 2 heterocycles. The third kappa shape index (κ3) is 5.04. The highest BCUT2D eigenvalue weighted by Crippen LogP contribution is 2.12. The number of aromatic amines is 1. The molecule has 1 aliphatic rings. The molecule has 1 atom stereocenters. The molecule has 30 heavy (non-hydrogen) atoms. The van der Waals surface area contributed by atoms with Gasteiger partial charge in [-0.15, -0.1) is 0 Å². The molecule has 0 bridgehead atoms. The van der Waals surface area contributed by atoms with Crippen LogP contribution in [0.25, 0.3) is 12.7 Å². The van der Waals surface area contributed by atoms with Crippen molar-refractivity contribution in [3.63, 3.8) is 0 Å². The smallest absolute Gasteiger partial charge is 0.265 e. The van der Waals surface area contributed by atoms with Crippen LogP contribution in [-0.4, -0.2) is 35.3 Å². The van der Waals surface area contributed by atoms with Crippen molar-refractivity contribution in [2.45, 2.75) is 32.3 Å². The molecule has 1 aliphatic heterocycles. The molecule has 3 N–H and O–H groups in total. The van der Waals surface area contributed by atoms with Crippen LogP contribution in [0.2, 0.25) is 0 Å². The second-order valence-electron chi connectivity index (χ2n) is 7.23. The summed E-state index contributed by atoms with van der Waals surface area (Å²) in [5.74, 6) is -1.43. The van der Waals surface area contributed by atoms with E-state index in [4.69, 9.17) is 4.74 Å². The molecule has 0 spiro atoms. The van der Waals surface area contributed by atoms with E-state index in [2.05, 4.69) is 16.9 Å². The van der Waals surface area contributed by atoms with Gasteiger partial charge in [0, 0.05) is 18.4 Å². The van der Waals surface area contributed by atoms with Crippen LogP contribution < -0.4 is 21.4 Å². The SMILES string of the molecule is C=c1c(O)c(C(=O)NCC2CCCO2)c(=O)[nH]/c1=C/C(=C\C)Cc1ccc(F)cc1. The maximum absolute atomic E-state index is 13.1. The van der Waals surface area contributed by atoms with Crippen molar-refractivity contribution < 1.29 is 19.0 Å². The van der Waals surface area contributed by atoms with E-state index in [9.17, 15) is 19.1 Å². The number of carbonyl (C=O) groups excluding carboxylic acids is 1.